The number of pyridine rings is 1. The van der Waals surface area contributed by atoms with Crippen LogP contribution < -0.4 is 10.6 Å². The topological polar surface area (TPSA) is 101 Å². The van der Waals surface area contributed by atoms with Crippen LogP contribution in [0.25, 0.3) is 0 Å². The Labute approximate surface area is 187 Å². The molecule has 0 fully saturated rings. The molecule has 2 heterocycles. The molecular weight excluding hydrogens is 431 g/mol. The van der Waals surface area contributed by atoms with Crippen LogP contribution in [0.5, 0.6) is 0 Å². The van der Waals surface area contributed by atoms with Crippen molar-refractivity contribution in [2.45, 2.75) is 6.54 Å². The highest BCUT2D eigenvalue weighted by atomic mass is 35.5. The maximum Gasteiger partial charge on any atom is 0.261 e. The summed E-state index contributed by atoms with van der Waals surface area (Å²) in [5.74, 6) is -1.04. The van der Waals surface area contributed by atoms with Gasteiger partial charge in [0.1, 0.15) is 0 Å². The number of amides is 3. The van der Waals surface area contributed by atoms with E-state index in [1.807, 2.05) is 0 Å². The summed E-state index contributed by atoms with van der Waals surface area (Å²) in [6.07, 6.45) is 3.22. The summed E-state index contributed by atoms with van der Waals surface area (Å²) in [6.45, 7) is 2.53. The molecule has 1 aliphatic rings. The van der Waals surface area contributed by atoms with Crippen molar-refractivity contribution in [1.82, 2.24) is 20.5 Å². The predicted octanol–water partition coefficient (Wildman–Crippen LogP) is 1.69. The van der Waals surface area contributed by atoms with Gasteiger partial charge in [-0.2, -0.15) is 0 Å². The number of hydrogen-bond donors (Lipinski definition) is 2. The summed E-state index contributed by atoms with van der Waals surface area (Å²) in [5.41, 5.74) is 1.73. The standard InChI is InChI=1S/C20H22N4O4.2ClH/c1-28-11-10-22-8-9-23-18(25)15-2-3-16-17(12-15)20(27)24(19(16)26)13-14-4-6-21-7-5-14;;/h2-7,12,22H,8-11,13H2,1H3,(H,23,25);2*1H. The van der Waals surface area contributed by atoms with Crippen molar-refractivity contribution in [2.75, 3.05) is 33.4 Å². The number of methoxy groups -OCH3 is 1. The maximum absolute atomic E-state index is 12.7. The summed E-state index contributed by atoms with van der Waals surface area (Å²) >= 11 is 0. The van der Waals surface area contributed by atoms with Gasteiger partial charge in [0.25, 0.3) is 17.7 Å². The number of benzene rings is 1. The van der Waals surface area contributed by atoms with Gasteiger partial charge in [-0.05, 0) is 35.9 Å². The fraction of sp³-hybridized carbons (Fsp3) is 0.300. The average molecular weight is 455 g/mol. The van der Waals surface area contributed by atoms with E-state index >= 15 is 0 Å². The van der Waals surface area contributed by atoms with Crippen LogP contribution in [0.4, 0.5) is 0 Å². The van der Waals surface area contributed by atoms with Crippen LogP contribution >= 0.6 is 24.8 Å². The number of halogens is 2. The molecule has 0 saturated carbocycles. The zero-order valence-corrected chi connectivity index (χ0v) is 18.1. The predicted molar refractivity (Wildman–Crippen MR) is 116 cm³/mol. The van der Waals surface area contributed by atoms with E-state index in [4.69, 9.17) is 4.74 Å². The third-order valence-corrected chi connectivity index (χ3v) is 4.39. The lowest BCUT2D eigenvalue weighted by Crippen LogP contribution is -2.33. The summed E-state index contributed by atoms with van der Waals surface area (Å²) in [7, 11) is 1.63. The van der Waals surface area contributed by atoms with Gasteiger partial charge < -0.3 is 15.4 Å². The lowest BCUT2D eigenvalue weighted by atomic mass is 10.1. The number of carbonyl (C=O) groups excluding carboxylic acids is 3. The summed E-state index contributed by atoms with van der Waals surface area (Å²) in [6, 6.07) is 8.09. The second kappa shape index (κ2) is 12.2. The zero-order valence-electron chi connectivity index (χ0n) is 16.4. The van der Waals surface area contributed by atoms with Gasteiger partial charge in [-0.1, -0.05) is 0 Å². The first-order chi connectivity index (χ1) is 13.6. The Morgan fingerprint density at radius 3 is 2.40 bits per heavy atom. The van der Waals surface area contributed by atoms with Gasteiger partial charge in [0.2, 0.25) is 0 Å². The Morgan fingerprint density at radius 1 is 1.00 bits per heavy atom. The number of rotatable bonds is 9. The van der Waals surface area contributed by atoms with E-state index in [1.165, 1.54) is 17.0 Å². The van der Waals surface area contributed by atoms with E-state index < -0.39 is 5.91 Å². The molecule has 10 heteroatoms. The Morgan fingerprint density at radius 2 is 1.70 bits per heavy atom. The van der Waals surface area contributed by atoms with E-state index in [-0.39, 0.29) is 48.7 Å². The van der Waals surface area contributed by atoms with Crippen LogP contribution in [-0.4, -0.2) is 61.0 Å². The first kappa shape index (κ1) is 25.5. The minimum absolute atomic E-state index is 0. The quantitative estimate of drug-likeness (QED) is 0.441. The second-order valence-corrected chi connectivity index (χ2v) is 6.31. The van der Waals surface area contributed by atoms with Crippen molar-refractivity contribution in [1.29, 1.82) is 0 Å². The number of ether oxygens (including phenoxy) is 1. The molecule has 8 nitrogen and oxygen atoms in total. The van der Waals surface area contributed by atoms with Crippen LogP contribution in [0, 0.1) is 0 Å². The van der Waals surface area contributed by atoms with Crippen LogP contribution in [0.3, 0.4) is 0 Å². The van der Waals surface area contributed by atoms with Gasteiger partial charge in [-0.25, -0.2) is 0 Å². The minimum atomic E-state index is -0.396. The maximum atomic E-state index is 12.7. The summed E-state index contributed by atoms with van der Waals surface area (Å²) < 4.78 is 4.93. The molecule has 1 aromatic carbocycles. The Hall–Kier alpha value is -2.52. The minimum Gasteiger partial charge on any atom is -0.383 e. The molecule has 0 spiro atoms. The van der Waals surface area contributed by atoms with E-state index in [2.05, 4.69) is 15.6 Å². The first-order valence-corrected chi connectivity index (χ1v) is 8.99. The molecule has 0 aliphatic carbocycles. The molecular formula is C20H24Cl2N4O4. The molecule has 1 aliphatic heterocycles. The van der Waals surface area contributed by atoms with Crippen molar-refractivity contribution in [3.8, 4) is 0 Å². The molecule has 3 rings (SSSR count). The van der Waals surface area contributed by atoms with Gasteiger partial charge in [0, 0.05) is 44.7 Å². The van der Waals surface area contributed by atoms with Crippen molar-refractivity contribution in [2.24, 2.45) is 0 Å². The number of hydrogen-bond acceptors (Lipinski definition) is 6. The van der Waals surface area contributed by atoms with Gasteiger partial charge in [0.05, 0.1) is 24.3 Å². The highest BCUT2D eigenvalue weighted by Gasteiger charge is 2.35. The van der Waals surface area contributed by atoms with Gasteiger partial charge in [-0.15, -0.1) is 24.8 Å². The van der Waals surface area contributed by atoms with Crippen LogP contribution in [-0.2, 0) is 11.3 Å². The van der Waals surface area contributed by atoms with E-state index in [0.29, 0.717) is 37.4 Å². The molecule has 162 valence electrons. The highest BCUT2D eigenvalue weighted by Crippen LogP contribution is 2.25. The monoisotopic (exact) mass is 454 g/mol. The molecule has 2 aromatic rings. The fourth-order valence-electron chi connectivity index (χ4n) is 2.91. The summed E-state index contributed by atoms with van der Waals surface area (Å²) in [4.78, 5) is 42.7. The van der Waals surface area contributed by atoms with E-state index in [1.54, 1.807) is 37.7 Å². The highest BCUT2D eigenvalue weighted by molar-refractivity contribution is 6.22. The normalized spacial score (nSPS) is 12.1. The molecule has 0 atom stereocenters. The average Bonchev–Trinajstić information content (AvgIpc) is 2.95. The third kappa shape index (κ3) is 5.99. The van der Waals surface area contributed by atoms with Crippen molar-refractivity contribution in [3.05, 3.63) is 65.0 Å². The van der Waals surface area contributed by atoms with Gasteiger partial charge in [-0.3, -0.25) is 24.3 Å². The Bertz CT molecular complexity index is 880. The van der Waals surface area contributed by atoms with E-state index in [9.17, 15) is 14.4 Å². The number of aromatic nitrogens is 1. The largest absolute Gasteiger partial charge is 0.383 e. The number of nitrogens with zero attached hydrogens (tertiary/aromatic N) is 2. The van der Waals surface area contributed by atoms with Gasteiger partial charge in [0.15, 0.2) is 0 Å². The van der Waals surface area contributed by atoms with Crippen molar-refractivity contribution >= 4 is 42.5 Å². The smallest absolute Gasteiger partial charge is 0.261 e. The Balaban J connectivity index is 0.00000225. The van der Waals surface area contributed by atoms with Gasteiger partial charge >= 0.3 is 0 Å². The number of nitrogens with one attached hydrogen (secondary N) is 2. The van der Waals surface area contributed by atoms with Crippen LogP contribution in [0.2, 0.25) is 0 Å². The van der Waals surface area contributed by atoms with E-state index in [0.717, 1.165) is 5.56 Å². The Kier molecular flexibility index (Phi) is 10.4. The van der Waals surface area contributed by atoms with Crippen molar-refractivity contribution < 1.29 is 19.1 Å². The third-order valence-electron chi connectivity index (χ3n) is 4.39. The molecule has 0 radical (unpaired) electrons. The molecule has 0 unspecified atom stereocenters. The SMILES string of the molecule is COCCNCCNC(=O)c1ccc2c(c1)C(=O)N(Cc1ccncc1)C2=O.Cl.Cl. The first-order valence-electron chi connectivity index (χ1n) is 8.99. The lowest BCUT2D eigenvalue weighted by Gasteiger charge is -2.13. The molecule has 3 amide bonds. The number of imide groups is 1. The van der Waals surface area contributed by atoms with Crippen molar-refractivity contribution in [3.63, 3.8) is 0 Å². The summed E-state index contributed by atoms with van der Waals surface area (Å²) in [5, 5.41) is 5.91. The number of fused-ring (bicyclic) bond motifs is 1. The second-order valence-electron chi connectivity index (χ2n) is 6.31. The lowest BCUT2D eigenvalue weighted by molar-refractivity contribution is 0.0642. The molecule has 1 aromatic heterocycles. The molecule has 30 heavy (non-hydrogen) atoms. The van der Waals surface area contributed by atoms with Crippen LogP contribution in [0.15, 0.2) is 42.7 Å². The fourth-order valence-corrected chi connectivity index (χ4v) is 2.91. The van der Waals surface area contributed by atoms with Crippen LogP contribution in [0.1, 0.15) is 36.6 Å². The molecule has 2 N–H and O–H groups in total. The molecule has 0 saturated heterocycles. The zero-order chi connectivity index (χ0) is 19.9. The molecule has 0 bridgehead atoms. The number of carbonyl (C=O) groups is 3.